The SMILES string of the molecule is C/C=C\C=C(/C)CCC(C)CC(C)c1ccccc1C. The summed E-state index contributed by atoms with van der Waals surface area (Å²) in [5.74, 6) is 1.43. The molecule has 110 valence electrons. The standard InChI is InChI=1S/C20H30/c1-6-7-10-16(2)13-14-17(3)15-19(5)20-12-9-8-11-18(20)4/h6-12,17,19H,13-15H2,1-5H3/b7-6-,16-10+. The minimum atomic E-state index is 0.658. The number of hydrogen-bond donors (Lipinski definition) is 0. The third-order valence-electron chi connectivity index (χ3n) is 4.08. The van der Waals surface area contributed by atoms with Gasteiger partial charge in [0.15, 0.2) is 0 Å². The lowest BCUT2D eigenvalue weighted by Crippen LogP contribution is -2.04. The van der Waals surface area contributed by atoms with Crippen molar-refractivity contribution in [2.45, 2.75) is 59.8 Å². The van der Waals surface area contributed by atoms with E-state index in [1.807, 2.05) is 0 Å². The van der Waals surface area contributed by atoms with Gasteiger partial charge >= 0.3 is 0 Å². The van der Waals surface area contributed by atoms with Gasteiger partial charge in [-0.3, -0.25) is 0 Å². The fraction of sp³-hybridized carbons (Fsp3) is 0.500. The van der Waals surface area contributed by atoms with Crippen LogP contribution in [0, 0.1) is 12.8 Å². The molecule has 0 heterocycles. The second-order valence-electron chi connectivity index (χ2n) is 6.18. The monoisotopic (exact) mass is 270 g/mol. The molecule has 0 aliphatic heterocycles. The van der Waals surface area contributed by atoms with Gasteiger partial charge in [0.1, 0.15) is 0 Å². The van der Waals surface area contributed by atoms with Crippen molar-refractivity contribution in [2.75, 3.05) is 0 Å². The lowest BCUT2D eigenvalue weighted by atomic mass is 9.86. The molecule has 20 heavy (non-hydrogen) atoms. The van der Waals surface area contributed by atoms with E-state index in [2.05, 4.69) is 77.1 Å². The number of hydrogen-bond acceptors (Lipinski definition) is 0. The van der Waals surface area contributed by atoms with Crippen molar-refractivity contribution in [3.63, 3.8) is 0 Å². The zero-order chi connectivity index (χ0) is 15.0. The maximum atomic E-state index is 2.39. The minimum absolute atomic E-state index is 0.658. The highest BCUT2D eigenvalue weighted by Gasteiger charge is 2.12. The number of rotatable bonds is 7. The fourth-order valence-electron chi connectivity index (χ4n) is 2.81. The summed E-state index contributed by atoms with van der Waals surface area (Å²) in [6.07, 6.45) is 10.2. The smallest absolute Gasteiger partial charge is 0.0185 e. The first-order chi connectivity index (χ1) is 9.54. The average molecular weight is 270 g/mol. The lowest BCUT2D eigenvalue weighted by molar-refractivity contribution is 0.452. The quantitative estimate of drug-likeness (QED) is 0.501. The van der Waals surface area contributed by atoms with Gasteiger partial charge in [0.05, 0.1) is 0 Å². The maximum Gasteiger partial charge on any atom is -0.0185 e. The Balaban J connectivity index is 2.46. The van der Waals surface area contributed by atoms with Crippen LogP contribution in [0.1, 0.15) is 64.0 Å². The van der Waals surface area contributed by atoms with Crippen LogP contribution in [-0.4, -0.2) is 0 Å². The molecule has 0 nitrogen and oxygen atoms in total. The Morgan fingerprint density at radius 2 is 1.90 bits per heavy atom. The van der Waals surface area contributed by atoms with E-state index in [-0.39, 0.29) is 0 Å². The van der Waals surface area contributed by atoms with Crippen molar-refractivity contribution in [1.29, 1.82) is 0 Å². The molecule has 0 aliphatic rings. The van der Waals surface area contributed by atoms with Gasteiger partial charge in [-0.05, 0) is 63.0 Å². The van der Waals surface area contributed by atoms with Crippen LogP contribution in [0.25, 0.3) is 0 Å². The number of aryl methyl sites for hydroxylation is 1. The molecule has 0 fully saturated rings. The summed E-state index contributed by atoms with van der Waals surface area (Å²) in [6, 6.07) is 8.79. The summed E-state index contributed by atoms with van der Waals surface area (Å²) >= 11 is 0. The number of allylic oxidation sites excluding steroid dienone is 4. The Labute approximate surface area is 125 Å². The molecule has 0 aliphatic carbocycles. The summed E-state index contributed by atoms with van der Waals surface area (Å²) in [7, 11) is 0. The molecule has 0 spiro atoms. The van der Waals surface area contributed by atoms with Gasteiger partial charge in [-0.2, -0.15) is 0 Å². The zero-order valence-corrected chi connectivity index (χ0v) is 13.8. The summed E-state index contributed by atoms with van der Waals surface area (Å²) in [6.45, 7) is 11.3. The number of benzene rings is 1. The van der Waals surface area contributed by atoms with E-state index < -0.39 is 0 Å². The van der Waals surface area contributed by atoms with Crippen LogP contribution >= 0.6 is 0 Å². The molecule has 0 bridgehead atoms. The summed E-state index contributed by atoms with van der Waals surface area (Å²) in [5.41, 5.74) is 4.43. The van der Waals surface area contributed by atoms with Crippen molar-refractivity contribution >= 4 is 0 Å². The third kappa shape index (κ3) is 5.77. The first kappa shape index (κ1) is 16.8. The van der Waals surface area contributed by atoms with Crippen molar-refractivity contribution < 1.29 is 0 Å². The van der Waals surface area contributed by atoms with E-state index in [0.29, 0.717) is 5.92 Å². The Morgan fingerprint density at radius 3 is 2.55 bits per heavy atom. The van der Waals surface area contributed by atoms with Crippen LogP contribution in [0.3, 0.4) is 0 Å². The molecular weight excluding hydrogens is 240 g/mol. The summed E-state index contributed by atoms with van der Waals surface area (Å²) in [4.78, 5) is 0. The first-order valence-corrected chi connectivity index (χ1v) is 7.88. The largest absolute Gasteiger partial charge is 0.0877 e. The van der Waals surface area contributed by atoms with Gasteiger partial charge in [-0.15, -0.1) is 0 Å². The van der Waals surface area contributed by atoms with Gasteiger partial charge < -0.3 is 0 Å². The van der Waals surface area contributed by atoms with Crippen molar-refractivity contribution in [3.8, 4) is 0 Å². The van der Waals surface area contributed by atoms with E-state index in [9.17, 15) is 0 Å². The molecule has 1 rings (SSSR count). The van der Waals surface area contributed by atoms with Gasteiger partial charge in [0.25, 0.3) is 0 Å². The van der Waals surface area contributed by atoms with Crippen molar-refractivity contribution in [3.05, 3.63) is 59.2 Å². The molecule has 0 aromatic heterocycles. The molecular formula is C20H30. The van der Waals surface area contributed by atoms with Crippen LogP contribution < -0.4 is 0 Å². The fourth-order valence-corrected chi connectivity index (χ4v) is 2.81. The second kappa shape index (κ2) is 8.79. The highest BCUT2D eigenvalue weighted by Crippen LogP contribution is 2.28. The summed E-state index contributed by atoms with van der Waals surface area (Å²) < 4.78 is 0. The molecule has 0 saturated carbocycles. The molecule has 1 aromatic rings. The van der Waals surface area contributed by atoms with Crippen LogP contribution in [0.4, 0.5) is 0 Å². The highest BCUT2D eigenvalue weighted by molar-refractivity contribution is 5.28. The van der Waals surface area contributed by atoms with E-state index in [0.717, 1.165) is 5.92 Å². The van der Waals surface area contributed by atoms with E-state index in [1.165, 1.54) is 36.0 Å². The highest BCUT2D eigenvalue weighted by atomic mass is 14.2. The molecule has 0 saturated heterocycles. The molecule has 0 radical (unpaired) electrons. The van der Waals surface area contributed by atoms with Crippen LogP contribution in [0.2, 0.25) is 0 Å². The molecule has 2 unspecified atom stereocenters. The Morgan fingerprint density at radius 1 is 1.20 bits per heavy atom. The van der Waals surface area contributed by atoms with Gasteiger partial charge in [0, 0.05) is 0 Å². The van der Waals surface area contributed by atoms with Crippen LogP contribution in [-0.2, 0) is 0 Å². The van der Waals surface area contributed by atoms with Crippen molar-refractivity contribution in [2.24, 2.45) is 5.92 Å². The molecule has 0 amide bonds. The van der Waals surface area contributed by atoms with Gasteiger partial charge in [-0.1, -0.05) is 61.9 Å². The van der Waals surface area contributed by atoms with E-state index in [4.69, 9.17) is 0 Å². The van der Waals surface area contributed by atoms with Crippen molar-refractivity contribution in [1.82, 2.24) is 0 Å². The molecule has 1 aromatic carbocycles. The second-order valence-corrected chi connectivity index (χ2v) is 6.18. The summed E-state index contributed by atoms with van der Waals surface area (Å²) in [5, 5.41) is 0. The average Bonchev–Trinajstić information content (AvgIpc) is 2.43. The van der Waals surface area contributed by atoms with Crippen LogP contribution in [0.15, 0.2) is 48.1 Å². The Bertz CT molecular complexity index is 451. The predicted molar refractivity (Wildman–Crippen MR) is 91.2 cm³/mol. The molecule has 2 atom stereocenters. The topological polar surface area (TPSA) is 0 Å². The minimum Gasteiger partial charge on any atom is -0.0877 e. The molecule has 0 heteroatoms. The van der Waals surface area contributed by atoms with Crippen LogP contribution in [0.5, 0.6) is 0 Å². The normalized spacial score (nSPS) is 15.6. The Hall–Kier alpha value is -1.30. The van der Waals surface area contributed by atoms with Gasteiger partial charge in [-0.25, -0.2) is 0 Å². The maximum absolute atomic E-state index is 2.39. The van der Waals surface area contributed by atoms with E-state index in [1.54, 1.807) is 0 Å². The third-order valence-corrected chi connectivity index (χ3v) is 4.08. The first-order valence-electron chi connectivity index (χ1n) is 7.88. The van der Waals surface area contributed by atoms with Gasteiger partial charge in [0.2, 0.25) is 0 Å². The Kier molecular flexibility index (Phi) is 7.36. The lowest BCUT2D eigenvalue weighted by Gasteiger charge is -2.19. The predicted octanol–water partition coefficient (Wildman–Crippen LogP) is 6.43. The molecule has 0 N–H and O–H groups in total. The van der Waals surface area contributed by atoms with E-state index >= 15 is 0 Å². The zero-order valence-electron chi connectivity index (χ0n) is 13.8.